The zero-order valence-electron chi connectivity index (χ0n) is 24.4. The molecule has 0 aromatic heterocycles. The second-order valence-electron chi connectivity index (χ2n) is 10.3. The van der Waals surface area contributed by atoms with Crippen LogP contribution in [0, 0.1) is 0 Å². The van der Waals surface area contributed by atoms with Gasteiger partial charge in [-0.3, -0.25) is 24.0 Å². The second kappa shape index (κ2) is 17.0. The van der Waals surface area contributed by atoms with E-state index in [1.54, 1.807) is 19.1 Å². The van der Waals surface area contributed by atoms with Crippen LogP contribution in [0.15, 0.2) is 46.6 Å². The molecule has 0 amide bonds. The number of aliphatic hydroxyl groups is 1. The van der Waals surface area contributed by atoms with Gasteiger partial charge in [-0.1, -0.05) is 42.0 Å². The fourth-order valence-corrected chi connectivity index (χ4v) is 4.58. The molecule has 2 heterocycles. The van der Waals surface area contributed by atoms with E-state index in [0.717, 1.165) is 0 Å². The van der Waals surface area contributed by atoms with Crippen LogP contribution in [0.2, 0.25) is 0 Å². The van der Waals surface area contributed by atoms with Gasteiger partial charge in [-0.2, -0.15) is 0 Å². The van der Waals surface area contributed by atoms with Crippen molar-refractivity contribution in [2.45, 2.75) is 96.7 Å². The monoisotopic (exact) mass is 610 g/mol. The molecule has 5 atom stereocenters. The van der Waals surface area contributed by atoms with Crippen LogP contribution in [0.1, 0.15) is 66.2 Å². The summed E-state index contributed by atoms with van der Waals surface area (Å²) in [5.74, 6) is -2.78. The molecule has 0 aromatic rings. The number of aliphatic hydroxyl groups excluding tert-OH is 1. The summed E-state index contributed by atoms with van der Waals surface area (Å²) >= 11 is 6.41. The van der Waals surface area contributed by atoms with Crippen LogP contribution in [0.25, 0.3) is 0 Å². The minimum absolute atomic E-state index is 0.148. The highest BCUT2D eigenvalue weighted by Crippen LogP contribution is 2.32. The number of rotatable bonds is 10. The Labute approximate surface area is 250 Å². The van der Waals surface area contributed by atoms with E-state index in [4.69, 9.17) is 35.3 Å². The molecule has 2 aliphatic rings. The molecule has 0 radical (unpaired) electrons. The van der Waals surface area contributed by atoms with Gasteiger partial charge >= 0.3 is 23.9 Å². The van der Waals surface area contributed by atoms with Gasteiger partial charge in [0.2, 0.25) is 0 Å². The number of ketones is 1. The number of allylic oxidation sites excluding steroid dienone is 3. The Bertz CT molecular complexity index is 1140. The Morgan fingerprint density at radius 2 is 1.86 bits per heavy atom. The van der Waals surface area contributed by atoms with Gasteiger partial charge < -0.3 is 28.8 Å². The molecule has 0 spiro atoms. The van der Waals surface area contributed by atoms with Gasteiger partial charge in [0.25, 0.3) is 0 Å². The zero-order chi connectivity index (χ0) is 31.4. The Balaban J connectivity index is 2.22. The molecule has 1 saturated heterocycles. The molecule has 0 aliphatic carbocycles. The summed E-state index contributed by atoms with van der Waals surface area (Å²) < 4.78 is 27.3. The highest BCUT2D eigenvalue weighted by atomic mass is 35.5. The summed E-state index contributed by atoms with van der Waals surface area (Å²) in [7, 11) is 0. The molecule has 2 rings (SSSR count). The van der Waals surface area contributed by atoms with Gasteiger partial charge in [-0.05, 0) is 33.1 Å². The summed E-state index contributed by atoms with van der Waals surface area (Å²) in [5, 5.41) is 11.6. The SMILES string of the molecule is C=C(COC(=O)C/C(C)=C/[C@@H](O)[C@H]1O[C@@H]2CC/C(Cl)=C/C/C=C(/COC(C)=O)[C@H](OC(C)=O)CC(=O)O[C@@H]1C2)C(C)=O. The molecule has 12 heteroatoms. The lowest BCUT2D eigenvalue weighted by Gasteiger charge is -2.24. The summed E-state index contributed by atoms with van der Waals surface area (Å²) in [6, 6.07) is 0. The van der Waals surface area contributed by atoms with E-state index in [2.05, 4.69) is 6.58 Å². The topological polar surface area (TPSA) is 152 Å². The van der Waals surface area contributed by atoms with E-state index >= 15 is 0 Å². The lowest BCUT2D eigenvalue weighted by atomic mass is 10.0. The maximum Gasteiger partial charge on any atom is 0.310 e. The van der Waals surface area contributed by atoms with Crippen molar-refractivity contribution in [1.82, 2.24) is 0 Å². The van der Waals surface area contributed by atoms with Crippen LogP contribution in [-0.2, 0) is 47.7 Å². The standard InChI is InChI=1S/C30H39ClO11/c1-17(12-28(36)39-15-18(2)19(3)32)11-25(35)30-27-13-24(41-30)10-9-23(31)8-6-7-22(16-38-20(4)33)26(40-21(5)34)14-29(37)42-27/h7-8,11,24-27,30,35H,2,6,9-10,12-16H2,1,3-5H3/b17-11+,22-7-,23-8-/t24-,25-,26-,27-,30-/m1/s1. The lowest BCUT2D eigenvalue weighted by Crippen LogP contribution is -2.37. The Morgan fingerprint density at radius 3 is 2.50 bits per heavy atom. The summed E-state index contributed by atoms with van der Waals surface area (Å²) in [4.78, 5) is 59.7. The number of hydrogen-bond donors (Lipinski definition) is 1. The highest BCUT2D eigenvalue weighted by molar-refractivity contribution is 6.29. The molecule has 1 N–H and O–H groups in total. The molecule has 11 nitrogen and oxygen atoms in total. The molecule has 2 aliphatic heterocycles. The number of fused-ring (bicyclic) bond motifs is 2. The number of carbonyl (C=O) groups is 5. The third-order valence-electron chi connectivity index (χ3n) is 6.55. The van der Waals surface area contributed by atoms with Gasteiger partial charge in [0, 0.05) is 36.4 Å². The van der Waals surface area contributed by atoms with Gasteiger partial charge in [0.05, 0.1) is 18.9 Å². The summed E-state index contributed by atoms with van der Waals surface area (Å²) in [6.45, 7) is 8.50. The number of hydrogen-bond acceptors (Lipinski definition) is 11. The van der Waals surface area contributed by atoms with Crippen molar-refractivity contribution in [3.63, 3.8) is 0 Å². The number of carbonyl (C=O) groups excluding carboxylic acids is 5. The van der Waals surface area contributed by atoms with E-state index in [0.29, 0.717) is 35.4 Å². The highest BCUT2D eigenvalue weighted by Gasteiger charge is 2.42. The van der Waals surface area contributed by atoms with E-state index < -0.39 is 48.3 Å². The van der Waals surface area contributed by atoms with Crippen LogP contribution >= 0.6 is 11.6 Å². The fourth-order valence-electron chi connectivity index (χ4n) is 4.38. The van der Waals surface area contributed by atoms with Crippen molar-refractivity contribution in [2.24, 2.45) is 0 Å². The van der Waals surface area contributed by atoms with E-state index in [1.807, 2.05) is 0 Å². The van der Waals surface area contributed by atoms with Crippen molar-refractivity contribution in [3.8, 4) is 0 Å². The minimum Gasteiger partial charge on any atom is -0.461 e. The van der Waals surface area contributed by atoms with Crippen molar-refractivity contribution in [3.05, 3.63) is 46.6 Å². The van der Waals surface area contributed by atoms with Crippen molar-refractivity contribution in [2.75, 3.05) is 13.2 Å². The number of Topliss-reactive ketones (excluding diaryl/α,β-unsaturated/α-hetero) is 1. The smallest absolute Gasteiger partial charge is 0.310 e. The quantitative estimate of drug-likeness (QED) is 0.167. The van der Waals surface area contributed by atoms with Crippen LogP contribution in [0.3, 0.4) is 0 Å². The Hall–Kier alpha value is -3.28. The van der Waals surface area contributed by atoms with Crippen LogP contribution in [-0.4, -0.2) is 78.5 Å². The average Bonchev–Trinajstić information content (AvgIpc) is 3.28. The number of ether oxygens (including phenoxy) is 5. The zero-order valence-corrected chi connectivity index (χ0v) is 25.1. The normalized spacial score (nSPS) is 26.7. The van der Waals surface area contributed by atoms with Gasteiger partial charge in [-0.15, -0.1) is 0 Å². The van der Waals surface area contributed by atoms with Crippen LogP contribution < -0.4 is 0 Å². The molecule has 42 heavy (non-hydrogen) atoms. The average molecular weight is 611 g/mol. The maximum absolute atomic E-state index is 13.1. The molecule has 1 fully saturated rings. The first kappa shape index (κ1) is 34.9. The van der Waals surface area contributed by atoms with Crippen molar-refractivity contribution >= 4 is 41.3 Å². The predicted molar refractivity (Wildman–Crippen MR) is 151 cm³/mol. The molecule has 2 bridgehead atoms. The summed E-state index contributed by atoms with van der Waals surface area (Å²) in [5.41, 5.74) is 1.03. The van der Waals surface area contributed by atoms with E-state index in [-0.39, 0.29) is 49.9 Å². The lowest BCUT2D eigenvalue weighted by molar-refractivity contribution is -0.159. The van der Waals surface area contributed by atoms with E-state index in [1.165, 1.54) is 26.8 Å². The third kappa shape index (κ3) is 12.3. The number of esters is 4. The second-order valence-corrected chi connectivity index (χ2v) is 10.8. The molecular weight excluding hydrogens is 572 g/mol. The molecule has 232 valence electrons. The Kier molecular flexibility index (Phi) is 14.1. The van der Waals surface area contributed by atoms with Gasteiger partial charge in [0.1, 0.15) is 37.6 Å². The third-order valence-corrected chi connectivity index (χ3v) is 6.90. The first-order valence-electron chi connectivity index (χ1n) is 13.6. The fraction of sp³-hybridized carbons (Fsp3) is 0.567. The van der Waals surface area contributed by atoms with E-state index in [9.17, 15) is 29.1 Å². The van der Waals surface area contributed by atoms with Gasteiger partial charge in [-0.25, -0.2) is 0 Å². The predicted octanol–water partition coefficient (Wildman–Crippen LogP) is 3.56. The summed E-state index contributed by atoms with van der Waals surface area (Å²) in [6.07, 6.45) is 1.49. The number of halogens is 1. The first-order chi connectivity index (χ1) is 19.7. The first-order valence-corrected chi connectivity index (χ1v) is 14.0. The molecular formula is C30H39ClO11. The molecule has 0 unspecified atom stereocenters. The van der Waals surface area contributed by atoms with Crippen molar-refractivity contribution in [1.29, 1.82) is 0 Å². The molecule has 0 aromatic carbocycles. The van der Waals surface area contributed by atoms with Gasteiger partial charge in [0.15, 0.2) is 5.78 Å². The minimum atomic E-state index is -1.24. The van der Waals surface area contributed by atoms with Crippen LogP contribution in [0.4, 0.5) is 0 Å². The van der Waals surface area contributed by atoms with Crippen LogP contribution in [0.5, 0.6) is 0 Å². The maximum atomic E-state index is 13.1. The van der Waals surface area contributed by atoms with Crippen molar-refractivity contribution < 1.29 is 52.8 Å². The molecule has 0 saturated carbocycles. The largest absolute Gasteiger partial charge is 0.461 e. The Morgan fingerprint density at radius 1 is 1.14 bits per heavy atom.